The first-order chi connectivity index (χ1) is 9.23. The molecule has 1 aromatic rings. The van der Waals surface area contributed by atoms with Crippen LogP contribution in [0.25, 0.3) is 0 Å². The summed E-state index contributed by atoms with van der Waals surface area (Å²) in [4.78, 5) is 36.5. The van der Waals surface area contributed by atoms with Crippen molar-refractivity contribution >= 4 is 34.9 Å². The van der Waals surface area contributed by atoms with Gasteiger partial charge in [-0.05, 0) is 39.0 Å². The van der Waals surface area contributed by atoms with E-state index in [1.807, 2.05) is 0 Å². The van der Waals surface area contributed by atoms with E-state index in [0.29, 0.717) is 16.3 Å². The van der Waals surface area contributed by atoms with Crippen molar-refractivity contribution < 1.29 is 14.4 Å². The van der Waals surface area contributed by atoms with Gasteiger partial charge in [-0.3, -0.25) is 19.7 Å². The molecular formula is C14H15ClN2O3. The second-order valence-electron chi connectivity index (χ2n) is 5.24. The number of carbonyl (C=O) groups excluding carboxylic acids is 3. The molecule has 1 aromatic carbocycles. The summed E-state index contributed by atoms with van der Waals surface area (Å²) in [5, 5.41) is 2.62. The number of hydrogen-bond acceptors (Lipinski definition) is 4. The predicted molar refractivity (Wildman–Crippen MR) is 76.0 cm³/mol. The summed E-state index contributed by atoms with van der Waals surface area (Å²) in [7, 11) is 0. The Bertz CT molecular complexity index is 610. The van der Waals surface area contributed by atoms with E-state index >= 15 is 0 Å². The van der Waals surface area contributed by atoms with Crippen LogP contribution in [0.5, 0.6) is 0 Å². The third kappa shape index (κ3) is 2.41. The van der Waals surface area contributed by atoms with Crippen LogP contribution in [0.3, 0.4) is 0 Å². The van der Waals surface area contributed by atoms with Crippen LogP contribution >= 0.6 is 11.6 Å². The lowest BCUT2D eigenvalue weighted by Gasteiger charge is -2.41. The largest absolute Gasteiger partial charge is 0.348 e. The van der Waals surface area contributed by atoms with E-state index < -0.39 is 5.54 Å². The van der Waals surface area contributed by atoms with E-state index in [-0.39, 0.29) is 24.1 Å². The minimum Gasteiger partial charge on any atom is -0.348 e. The Morgan fingerprint density at radius 3 is 2.55 bits per heavy atom. The van der Waals surface area contributed by atoms with Crippen molar-refractivity contribution in [2.24, 2.45) is 0 Å². The van der Waals surface area contributed by atoms with Crippen molar-refractivity contribution in [1.82, 2.24) is 5.32 Å². The third-order valence-electron chi connectivity index (χ3n) is 3.43. The first-order valence-electron chi connectivity index (χ1n) is 6.16. The Morgan fingerprint density at radius 2 is 2.00 bits per heavy atom. The monoisotopic (exact) mass is 294 g/mol. The van der Waals surface area contributed by atoms with Crippen LogP contribution in [-0.4, -0.2) is 29.7 Å². The van der Waals surface area contributed by atoms with E-state index in [1.54, 1.807) is 36.9 Å². The average Bonchev–Trinajstić information content (AvgIpc) is 2.33. The fraction of sp³-hybridized carbons (Fsp3) is 0.357. The minimum atomic E-state index is -0.866. The van der Waals surface area contributed by atoms with Crippen molar-refractivity contribution in [3.8, 4) is 0 Å². The maximum absolute atomic E-state index is 11.9. The molecule has 1 aliphatic rings. The zero-order valence-corrected chi connectivity index (χ0v) is 12.2. The molecule has 2 amide bonds. The van der Waals surface area contributed by atoms with Crippen LogP contribution in [0.15, 0.2) is 18.2 Å². The number of hydrogen-bond donors (Lipinski definition) is 1. The maximum Gasteiger partial charge on any atom is 0.251 e. The van der Waals surface area contributed by atoms with Crippen LogP contribution in [0, 0.1) is 0 Å². The van der Waals surface area contributed by atoms with Gasteiger partial charge in [0.1, 0.15) is 5.54 Å². The van der Waals surface area contributed by atoms with Gasteiger partial charge in [-0.1, -0.05) is 11.6 Å². The summed E-state index contributed by atoms with van der Waals surface area (Å²) in [5.41, 5.74) is 0.184. The molecule has 1 fully saturated rings. The zero-order chi connectivity index (χ0) is 15.1. The molecule has 0 unspecified atom stereocenters. The standard InChI is InChI=1S/C14H15ClN2O3/c1-8(18)10-5-4-9(6-11(10)15)17-7-12(19)16-13(20)14(17,2)3/h4-6H,7H2,1-3H3,(H,16,19,20). The normalized spacial score (nSPS) is 17.9. The summed E-state index contributed by atoms with van der Waals surface area (Å²) in [6.07, 6.45) is 0. The van der Waals surface area contributed by atoms with Crippen molar-refractivity contribution in [3.63, 3.8) is 0 Å². The average molecular weight is 295 g/mol. The molecule has 0 atom stereocenters. The second-order valence-corrected chi connectivity index (χ2v) is 5.65. The number of nitrogens with one attached hydrogen (secondary N) is 1. The van der Waals surface area contributed by atoms with Crippen molar-refractivity contribution in [1.29, 1.82) is 0 Å². The highest BCUT2D eigenvalue weighted by atomic mass is 35.5. The lowest BCUT2D eigenvalue weighted by molar-refractivity contribution is -0.135. The van der Waals surface area contributed by atoms with Gasteiger partial charge in [0.25, 0.3) is 5.91 Å². The van der Waals surface area contributed by atoms with E-state index in [9.17, 15) is 14.4 Å². The molecule has 106 valence electrons. The van der Waals surface area contributed by atoms with Crippen molar-refractivity contribution in [2.45, 2.75) is 26.3 Å². The van der Waals surface area contributed by atoms with Gasteiger partial charge >= 0.3 is 0 Å². The number of benzene rings is 1. The molecule has 5 nitrogen and oxygen atoms in total. The fourth-order valence-electron chi connectivity index (χ4n) is 2.15. The molecule has 0 aliphatic carbocycles. The van der Waals surface area contributed by atoms with Crippen molar-refractivity contribution in [2.75, 3.05) is 11.4 Å². The molecule has 0 radical (unpaired) electrons. The summed E-state index contributed by atoms with van der Waals surface area (Å²) in [6, 6.07) is 4.90. The SMILES string of the molecule is CC(=O)c1ccc(N2CC(=O)NC(=O)C2(C)C)cc1Cl. The highest BCUT2D eigenvalue weighted by Gasteiger charge is 2.41. The highest BCUT2D eigenvalue weighted by Crippen LogP contribution is 2.30. The molecule has 1 saturated heterocycles. The van der Waals surface area contributed by atoms with Gasteiger partial charge in [0.15, 0.2) is 5.78 Å². The number of carbonyl (C=O) groups is 3. The molecule has 0 bridgehead atoms. The Hall–Kier alpha value is -1.88. The van der Waals surface area contributed by atoms with Gasteiger partial charge in [-0.2, -0.15) is 0 Å². The lowest BCUT2D eigenvalue weighted by Crippen LogP contribution is -2.64. The van der Waals surface area contributed by atoms with Crippen LogP contribution in [0.2, 0.25) is 5.02 Å². The molecular weight excluding hydrogens is 280 g/mol. The Kier molecular flexibility index (Phi) is 3.56. The zero-order valence-electron chi connectivity index (χ0n) is 11.5. The first kappa shape index (κ1) is 14.5. The predicted octanol–water partition coefficient (Wildman–Crippen LogP) is 1.78. The number of halogens is 1. The highest BCUT2D eigenvalue weighted by molar-refractivity contribution is 6.34. The molecule has 2 rings (SSSR count). The second kappa shape index (κ2) is 4.90. The van der Waals surface area contributed by atoms with Gasteiger partial charge in [-0.15, -0.1) is 0 Å². The Balaban J connectivity index is 2.44. The molecule has 1 aliphatic heterocycles. The van der Waals surface area contributed by atoms with Gasteiger partial charge in [0.2, 0.25) is 5.91 Å². The van der Waals surface area contributed by atoms with Gasteiger partial charge < -0.3 is 4.90 Å². The summed E-state index contributed by atoms with van der Waals surface area (Å²) >= 11 is 6.08. The van der Waals surface area contributed by atoms with Crippen LogP contribution < -0.4 is 10.2 Å². The molecule has 6 heteroatoms. The molecule has 1 heterocycles. The Morgan fingerprint density at radius 1 is 1.35 bits per heavy atom. The fourth-order valence-corrected chi connectivity index (χ4v) is 2.46. The van der Waals surface area contributed by atoms with Gasteiger partial charge in [-0.25, -0.2) is 0 Å². The summed E-state index contributed by atoms with van der Waals surface area (Å²) in [5.74, 6) is -0.852. The third-order valence-corrected chi connectivity index (χ3v) is 3.74. The number of rotatable bonds is 2. The minimum absolute atomic E-state index is 0.0640. The van der Waals surface area contributed by atoms with Gasteiger partial charge in [0, 0.05) is 11.3 Å². The maximum atomic E-state index is 11.9. The summed E-state index contributed by atoms with van der Waals surface area (Å²) in [6.45, 7) is 4.94. The van der Waals surface area contributed by atoms with Crippen LogP contribution in [0.1, 0.15) is 31.1 Å². The molecule has 0 aromatic heterocycles. The van der Waals surface area contributed by atoms with E-state index in [4.69, 9.17) is 11.6 Å². The van der Waals surface area contributed by atoms with E-state index in [0.717, 1.165) is 0 Å². The quantitative estimate of drug-likeness (QED) is 0.667. The summed E-state index contributed by atoms with van der Waals surface area (Å²) < 4.78 is 0. The smallest absolute Gasteiger partial charge is 0.251 e. The number of nitrogens with zero attached hydrogens (tertiary/aromatic N) is 1. The molecule has 0 spiro atoms. The molecule has 0 saturated carbocycles. The van der Waals surface area contributed by atoms with Crippen LogP contribution in [-0.2, 0) is 9.59 Å². The number of anilines is 1. The molecule has 1 N–H and O–H groups in total. The first-order valence-corrected chi connectivity index (χ1v) is 6.53. The molecule has 20 heavy (non-hydrogen) atoms. The van der Waals surface area contributed by atoms with Crippen molar-refractivity contribution in [3.05, 3.63) is 28.8 Å². The number of piperazine rings is 1. The van der Waals surface area contributed by atoms with Crippen LogP contribution in [0.4, 0.5) is 5.69 Å². The number of Topliss-reactive ketones (excluding diaryl/α,β-unsaturated/α-hetero) is 1. The van der Waals surface area contributed by atoms with E-state index in [2.05, 4.69) is 5.32 Å². The number of amides is 2. The number of ketones is 1. The lowest BCUT2D eigenvalue weighted by atomic mass is 9.97. The number of imide groups is 1. The topological polar surface area (TPSA) is 66.5 Å². The van der Waals surface area contributed by atoms with Gasteiger partial charge in [0.05, 0.1) is 11.6 Å². The Labute approximate surface area is 121 Å². The van der Waals surface area contributed by atoms with E-state index in [1.165, 1.54) is 6.92 Å².